The molecule has 1 saturated heterocycles. The first-order chi connectivity index (χ1) is 7.74. The van der Waals surface area contributed by atoms with E-state index < -0.39 is 5.95 Å². The molecule has 0 spiro atoms. The zero-order valence-electron chi connectivity index (χ0n) is 9.69. The van der Waals surface area contributed by atoms with E-state index in [4.69, 9.17) is 0 Å². The van der Waals surface area contributed by atoms with Gasteiger partial charge in [-0.25, -0.2) is 4.98 Å². The van der Waals surface area contributed by atoms with Gasteiger partial charge in [-0.3, -0.25) is 4.90 Å². The minimum atomic E-state index is -0.403. The van der Waals surface area contributed by atoms with Crippen LogP contribution in [0.1, 0.15) is 12.0 Å². The molecule has 0 aromatic carbocycles. The normalized spacial score (nSPS) is 19.6. The maximum absolute atomic E-state index is 12.7. The van der Waals surface area contributed by atoms with E-state index >= 15 is 0 Å². The molecule has 0 amide bonds. The molecule has 1 aliphatic rings. The minimum Gasteiger partial charge on any atom is -0.305 e. The molecule has 0 unspecified atom stereocenters. The van der Waals surface area contributed by atoms with E-state index in [9.17, 15) is 4.39 Å². The molecule has 88 valence electrons. The molecule has 2 rings (SSSR count). The molecule has 1 aliphatic heterocycles. The largest absolute Gasteiger partial charge is 0.305 e. The van der Waals surface area contributed by atoms with Crippen molar-refractivity contribution in [3.05, 3.63) is 29.8 Å². The second kappa shape index (κ2) is 5.37. The van der Waals surface area contributed by atoms with Gasteiger partial charge in [0.15, 0.2) is 0 Å². The smallest absolute Gasteiger partial charge is 0.212 e. The average Bonchev–Trinajstić information content (AvgIpc) is 2.47. The van der Waals surface area contributed by atoms with E-state index in [2.05, 4.69) is 21.8 Å². The zero-order chi connectivity index (χ0) is 11.4. The summed E-state index contributed by atoms with van der Waals surface area (Å²) >= 11 is 0. The highest BCUT2D eigenvalue weighted by Gasteiger charge is 2.12. The Balaban J connectivity index is 1.91. The highest BCUT2D eigenvalue weighted by atomic mass is 19.1. The summed E-state index contributed by atoms with van der Waals surface area (Å²) in [7, 11) is 2.16. The summed E-state index contributed by atoms with van der Waals surface area (Å²) in [6.07, 6.45) is 2.83. The Morgan fingerprint density at radius 3 is 2.88 bits per heavy atom. The van der Waals surface area contributed by atoms with Crippen LogP contribution in [0.3, 0.4) is 0 Å². The predicted molar refractivity (Wildman–Crippen MR) is 61.6 cm³/mol. The van der Waals surface area contributed by atoms with Gasteiger partial charge in [0.05, 0.1) is 0 Å². The Bertz CT molecular complexity index is 326. The second-order valence-corrected chi connectivity index (χ2v) is 4.42. The van der Waals surface area contributed by atoms with E-state index in [1.807, 2.05) is 6.07 Å². The van der Waals surface area contributed by atoms with Crippen LogP contribution in [-0.2, 0) is 6.54 Å². The molecule has 1 fully saturated rings. The lowest BCUT2D eigenvalue weighted by atomic mass is 10.2. The van der Waals surface area contributed by atoms with Crippen LogP contribution in [0.25, 0.3) is 0 Å². The maximum Gasteiger partial charge on any atom is 0.212 e. The van der Waals surface area contributed by atoms with Gasteiger partial charge < -0.3 is 4.90 Å². The predicted octanol–water partition coefficient (Wildman–Crippen LogP) is 1.36. The summed E-state index contributed by atoms with van der Waals surface area (Å²) in [5.41, 5.74) is 1.09. The average molecular weight is 223 g/mol. The first-order valence-corrected chi connectivity index (χ1v) is 5.75. The molecule has 0 atom stereocenters. The summed E-state index contributed by atoms with van der Waals surface area (Å²) < 4.78 is 12.7. The molecule has 1 aromatic rings. The number of hydrogen-bond donors (Lipinski definition) is 0. The molecule has 1 aromatic heterocycles. The van der Waals surface area contributed by atoms with Gasteiger partial charge >= 0.3 is 0 Å². The fraction of sp³-hybridized carbons (Fsp3) is 0.583. The van der Waals surface area contributed by atoms with Gasteiger partial charge in [0.1, 0.15) is 0 Å². The van der Waals surface area contributed by atoms with Crippen molar-refractivity contribution < 1.29 is 4.39 Å². The summed E-state index contributed by atoms with van der Waals surface area (Å²) in [5.74, 6) is -0.403. The van der Waals surface area contributed by atoms with E-state index in [-0.39, 0.29) is 0 Å². The number of hydrogen-bond acceptors (Lipinski definition) is 3. The van der Waals surface area contributed by atoms with E-state index in [1.54, 1.807) is 6.20 Å². The molecule has 16 heavy (non-hydrogen) atoms. The number of rotatable bonds is 2. The van der Waals surface area contributed by atoms with E-state index in [0.29, 0.717) is 0 Å². The maximum atomic E-state index is 12.7. The van der Waals surface area contributed by atoms with Crippen LogP contribution < -0.4 is 0 Å². The van der Waals surface area contributed by atoms with Crippen molar-refractivity contribution in [2.75, 3.05) is 33.2 Å². The van der Waals surface area contributed by atoms with Crippen LogP contribution in [0, 0.1) is 5.95 Å². The Morgan fingerprint density at radius 2 is 2.12 bits per heavy atom. The minimum absolute atomic E-state index is 0.403. The van der Waals surface area contributed by atoms with Crippen molar-refractivity contribution in [2.45, 2.75) is 13.0 Å². The topological polar surface area (TPSA) is 19.4 Å². The monoisotopic (exact) mass is 223 g/mol. The van der Waals surface area contributed by atoms with Crippen molar-refractivity contribution in [2.24, 2.45) is 0 Å². The summed E-state index contributed by atoms with van der Waals surface area (Å²) in [6, 6.07) is 3.25. The molecule has 2 heterocycles. The number of nitrogens with zero attached hydrogens (tertiary/aromatic N) is 3. The van der Waals surface area contributed by atoms with Crippen molar-refractivity contribution in [1.29, 1.82) is 0 Å². The Labute approximate surface area is 95.9 Å². The van der Waals surface area contributed by atoms with Gasteiger partial charge in [-0.15, -0.1) is 0 Å². The molecular formula is C12H18FN3. The van der Waals surface area contributed by atoms with Crippen LogP contribution in [0.5, 0.6) is 0 Å². The van der Waals surface area contributed by atoms with Crippen molar-refractivity contribution in [3.8, 4) is 0 Å². The van der Waals surface area contributed by atoms with Crippen molar-refractivity contribution in [3.63, 3.8) is 0 Å². The van der Waals surface area contributed by atoms with Gasteiger partial charge in [0.25, 0.3) is 0 Å². The van der Waals surface area contributed by atoms with Crippen molar-refractivity contribution >= 4 is 0 Å². The lowest BCUT2D eigenvalue weighted by molar-refractivity contribution is 0.269. The van der Waals surface area contributed by atoms with Crippen molar-refractivity contribution in [1.82, 2.24) is 14.8 Å². The third-order valence-corrected chi connectivity index (χ3v) is 3.01. The quantitative estimate of drug-likeness (QED) is 0.706. The second-order valence-electron chi connectivity index (χ2n) is 4.42. The Kier molecular flexibility index (Phi) is 3.85. The summed E-state index contributed by atoms with van der Waals surface area (Å²) in [6.45, 7) is 5.34. The number of pyridine rings is 1. The summed E-state index contributed by atoms with van der Waals surface area (Å²) in [5, 5.41) is 0. The van der Waals surface area contributed by atoms with Crippen LogP contribution in [-0.4, -0.2) is 48.0 Å². The zero-order valence-corrected chi connectivity index (χ0v) is 9.69. The Hall–Kier alpha value is -1.00. The van der Waals surface area contributed by atoms with Gasteiger partial charge in [0, 0.05) is 25.8 Å². The first-order valence-electron chi connectivity index (χ1n) is 5.75. The van der Waals surface area contributed by atoms with Gasteiger partial charge in [-0.05, 0) is 38.2 Å². The SMILES string of the molecule is CN1CCCN(Cc2ccc(F)nc2)CC1. The molecule has 3 nitrogen and oxygen atoms in total. The number of halogens is 1. The van der Waals surface area contributed by atoms with Crippen LogP contribution in [0.15, 0.2) is 18.3 Å². The molecular weight excluding hydrogens is 205 g/mol. The third-order valence-electron chi connectivity index (χ3n) is 3.01. The van der Waals surface area contributed by atoms with Gasteiger partial charge in [0.2, 0.25) is 5.95 Å². The molecule has 0 saturated carbocycles. The third kappa shape index (κ3) is 3.25. The lowest BCUT2D eigenvalue weighted by Crippen LogP contribution is -2.28. The van der Waals surface area contributed by atoms with Crippen LogP contribution in [0.2, 0.25) is 0 Å². The highest BCUT2D eigenvalue weighted by Crippen LogP contribution is 2.07. The fourth-order valence-electron chi connectivity index (χ4n) is 2.02. The van der Waals surface area contributed by atoms with Crippen LogP contribution >= 0.6 is 0 Å². The molecule has 0 aliphatic carbocycles. The molecule has 0 bridgehead atoms. The highest BCUT2D eigenvalue weighted by molar-refractivity contribution is 5.09. The molecule has 0 radical (unpaired) electrons. The van der Waals surface area contributed by atoms with Gasteiger partial charge in [-0.1, -0.05) is 6.07 Å². The lowest BCUT2D eigenvalue weighted by Gasteiger charge is -2.19. The number of likely N-dealkylation sites (N-methyl/N-ethyl adjacent to an activating group) is 1. The number of aromatic nitrogens is 1. The van der Waals surface area contributed by atoms with Gasteiger partial charge in [-0.2, -0.15) is 4.39 Å². The van der Waals surface area contributed by atoms with E-state index in [1.165, 1.54) is 12.5 Å². The molecule has 0 N–H and O–H groups in total. The van der Waals surface area contributed by atoms with E-state index in [0.717, 1.165) is 38.3 Å². The molecule has 4 heteroatoms. The fourth-order valence-corrected chi connectivity index (χ4v) is 2.02. The Morgan fingerprint density at radius 1 is 1.25 bits per heavy atom. The summed E-state index contributed by atoms with van der Waals surface area (Å²) in [4.78, 5) is 8.43. The van der Waals surface area contributed by atoms with Crippen LogP contribution in [0.4, 0.5) is 4.39 Å². The standard InChI is InChI=1S/C12H18FN3/c1-15-5-2-6-16(8-7-15)10-11-3-4-12(13)14-9-11/h3-4,9H,2,5-8,10H2,1H3. The first kappa shape index (κ1) is 11.5.